The lowest BCUT2D eigenvalue weighted by Gasteiger charge is -2.25. The molecule has 1 aromatic rings. The summed E-state index contributed by atoms with van der Waals surface area (Å²) in [6.45, 7) is 2.96. The number of aryl methyl sites for hydroxylation is 1. The lowest BCUT2D eigenvalue weighted by molar-refractivity contribution is 0.396. The highest BCUT2D eigenvalue weighted by molar-refractivity contribution is 5.55. The first-order valence-corrected chi connectivity index (χ1v) is 8.42. The third kappa shape index (κ3) is 4.16. The summed E-state index contributed by atoms with van der Waals surface area (Å²) in [5.41, 5.74) is 3.29. The van der Waals surface area contributed by atoms with E-state index in [1.165, 1.54) is 50.5 Å². The fraction of sp³-hybridized carbons (Fsp3) is 0.579. The third-order valence-electron chi connectivity index (χ3n) is 4.79. The van der Waals surface area contributed by atoms with Crippen LogP contribution in [0.1, 0.15) is 56.1 Å². The fourth-order valence-electron chi connectivity index (χ4n) is 3.31. The highest BCUT2D eigenvalue weighted by atomic mass is 19.1. The lowest BCUT2D eigenvalue weighted by Crippen LogP contribution is -2.24. The van der Waals surface area contributed by atoms with Crippen LogP contribution in [0.3, 0.4) is 0 Å². The standard InChI is InChI=1S/C19H26FN/c1-14-7-10-19(20)16(11-14)12-17(13-21-18-8-9-18)15-5-3-2-4-6-15/h7,10-12,15,18,21H,2-6,8-9,13H2,1H3/b17-12-. The Morgan fingerprint density at radius 1 is 1.19 bits per heavy atom. The largest absolute Gasteiger partial charge is 0.310 e. The number of hydrogen-bond donors (Lipinski definition) is 1. The molecule has 2 aliphatic rings. The van der Waals surface area contributed by atoms with Crippen LogP contribution in [0.15, 0.2) is 23.8 Å². The summed E-state index contributed by atoms with van der Waals surface area (Å²) in [6, 6.07) is 6.11. The number of nitrogens with one attached hydrogen (secondary N) is 1. The molecule has 2 fully saturated rings. The molecule has 1 nitrogen and oxygen atoms in total. The second kappa shape index (κ2) is 6.74. The van der Waals surface area contributed by atoms with Gasteiger partial charge in [0.2, 0.25) is 0 Å². The van der Waals surface area contributed by atoms with Crippen LogP contribution >= 0.6 is 0 Å². The van der Waals surface area contributed by atoms with E-state index in [1.54, 1.807) is 6.07 Å². The van der Waals surface area contributed by atoms with Gasteiger partial charge in [-0.3, -0.25) is 0 Å². The van der Waals surface area contributed by atoms with Gasteiger partial charge in [0.25, 0.3) is 0 Å². The molecular weight excluding hydrogens is 261 g/mol. The van der Waals surface area contributed by atoms with Gasteiger partial charge in [-0.15, -0.1) is 0 Å². The van der Waals surface area contributed by atoms with Crippen molar-refractivity contribution in [1.29, 1.82) is 0 Å². The van der Waals surface area contributed by atoms with Gasteiger partial charge in [-0.2, -0.15) is 0 Å². The van der Waals surface area contributed by atoms with Crippen LogP contribution in [0.5, 0.6) is 0 Å². The van der Waals surface area contributed by atoms with Crippen molar-refractivity contribution >= 4 is 6.08 Å². The van der Waals surface area contributed by atoms with Crippen LogP contribution < -0.4 is 5.32 Å². The smallest absolute Gasteiger partial charge is 0.130 e. The molecule has 0 bridgehead atoms. The first kappa shape index (κ1) is 14.8. The predicted molar refractivity (Wildman–Crippen MR) is 86.7 cm³/mol. The first-order chi connectivity index (χ1) is 10.2. The first-order valence-electron chi connectivity index (χ1n) is 8.42. The van der Waals surface area contributed by atoms with Gasteiger partial charge in [-0.1, -0.05) is 42.5 Å². The average molecular weight is 287 g/mol. The Morgan fingerprint density at radius 3 is 2.67 bits per heavy atom. The molecule has 0 radical (unpaired) electrons. The molecule has 0 amide bonds. The zero-order valence-electron chi connectivity index (χ0n) is 13.0. The van der Waals surface area contributed by atoms with Crippen molar-refractivity contribution in [3.8, 4) is 0 Å². The van der Waals surface area contributed by atoms with Crippen molar-refractivity contribution in [3.05, 3.63) is 40.7 Å². The van der Waals surface area contributed by atoms with Crippen LogP contribution in [0.25, 0.3) is 6.08 Å². The summed E-state index contributed by atoms with van der Waals surface area (Å²) >= 11 is 0. The topological polar surface area (TPSA) is 12.0 Å². The van der Waals surface area contributed by atoms with E-state index in [4.69, 9.17) is 0 Å². The lowest BCUT2D eigenvalue weighted by atomic mass is 9.83. The van der Waals surface area contributed by atoms with Crippen LogP contribution in [0.2, 0.25) is 0 Å². The molecule has 114 valence electrons. The molecular formula is C19H26FN. The van der Waals surface area contributed by atoms with Crippen LogP contribution in [0, 0.1) is 18.7 Å². The summed E-state index contributed by atoms with van der Waals surface area (Å²) in [5.74, 6) is 0.547. The van der Waals surface area contributed by atoms with E-state index in [0.717, 1.165) is 17.7 Å². The van der Waals surface area contributed by atoms with Gasteiger partial charge < -0.3 is 5.32 Å². The number of hydrogen-bond acceptors (Lipinski definition) is 1. The molecule has 0 saturated heterocycles. The predicted octanol–water partition coefficient (Wildman–Crippen LogP) is 4.85. The molecule has 0 aromatic heterocycles. The summed E-state index contributed by atoms with van der Waals surface area (Å²) < 4.78 is 14.0. The molecule has 3 rings (SSSR count). The Hall–Kier alpha value is -1.15. The molecule has 1 N–H and O–H groups in total. The van der Waals surface area contributed by atoms with E-state index in [1.807, 2.05) is 19.1 Å². The minimum Gasteiger partial charge on any atom is -0.310 e. The van der Waals surface area contributed by atoms with Crippen molar-refractivity contribution in [2.75, 3.05) is 6.54 Å². The van der Waals surface area contributed by atoms with E-state index in [0.29, 0.717) is 12.0 Å². The molecule has 0 heterocycles. The summed E-state index contributed by atoms with van der Waals surface area (Å²) in [4.78, 5) is 0. The Labute approximate surface area is 127 Å². The van der Waals surface area contributed by atoms with E-state index in [9.17, 15) is 4.39 Å². The molecule has 0 unspecified atom stereocenters. The van der Waals surface area contributed by atoms with Crippen molar-refractivity contribution < 1.29 is 4.39 Å². The Kier molecular flexibility index (Phi) is 4.74. The maximum atomic E-state index is 14.0. The van der Waals surface area contributed by atoms with Crippen molar-refractivity contribution in [3.63, 3.8) is 0 Å². The van der Waals surface area contributed by atoms with Gasteiger partial charge in [0.1, 0.15) is 5.82 Å². The molecule has 2 aliphatic carbocycles. The molecule has 2 heteroatoms. The van der Waals surface area contributed by atoms with Gasteiger partial charge in [0, 0.05) is 18.2 Å². The Bertz CT molecular complexity index is 510. The van der Waals surface area contributed by atoms with E-state index in [2.05, 4.69) is 11.4 Å². The molecule has 0 aliphatic heterocycles. The second-order valence-corrected chi connectivity index (χ2v) is 6.73. The van der Waals surface area contributed by atoms with E-state index < -0.39 is 0 Å². The summed E-state index contributed by atoms with van der Waals surface area (Å²) in [7, 11) is 0. The molecule has 0 atom stereocenters. The minimum absolute atomic E-state index is 0.0969. The highest BCUT2D eigenvalue weighted by Crippen LogP contribution is 2.31. The van der Waals surface area contributed by atoms with Crippen LogP contribution in [-0.4, -0.2) is 12.6 Å². The van der Waals surface area contributed by atoms with Crippen LogP contribution in [0.4, 0.5) is 4.39 Å². The molecule has 1 aromatic carbocycles. The van der Waals surface area contributed by atoms with Gasteiger partial charge in [0.05, 0.1) is 0 Å². The fourth-order valence-corrected chi connectivity index (χ4v) is 3.31. The maximum absolute atomic E-state index is 14.0. The maximum Gasteiger partial charge on any atom is 0.130 e. The number of benzene rings is 1. The second-order valence-electron chi connectivity index (χ2n) is 6.73. The molecule has 0 spiro atoms. The zero-order chi connectivity index (χ0) is 14.7. The monoisotopic (exact) mass is 287 g/mol. The summed E-state index contributed by atoms with van der Waals surface area (Å²) in [5, 5.41) is 3.62. The number of rotatable bonds is 5. The molecule has 21 heavy (non-hydrogen) atoms. The van der Waals surface area contributed by atoms with Gasteiger partial charge >= 0.3 is 0 Å². The number of halogens is 1. The van der Waals surface area contributed by atoms with Crippen molar-refractivity contribution in [1.82, 2.24) is 5.32 Å². The Balaban J connectivity index is 1.80. The van der Waals surface area contributed by atoms with Crippen molar-refractivity contribution in [2.45, 2.75) is 57.9 Å². The zero-order valence-corrected chi connectivity index (χ0v) is 13.0. The minimum atomic E-state index is -0.0969. The van der Waals surface area contributed by atoms with E-state index >= 15 is 0 Å². The van der Waals surface area contributed by atoms with Gasteiger partial charge in [-0.05, 0) is 50.7 Å². The Morgan fingerprint density at radius 2 is 1.95 bits per heavy atom. The van der Waals surface area contributed by atoms with Gasteiger partial charge in [0.15, 0.2) is 0 Å². The highest BCUT2D eigenvalue weighted by Gasteiger charge is 2.23. The average Bonchev–Trinajstić information content (AvgIpc) is 3.32. The third-order valence-corrected chi connectivity index (χ3v) is 4.79. The van der Waals surface area contributed by atoms with Crippen LogP contribution in [-0.2, 0) is 0 Å². The van der Waals surface area contributed by atoms with Gasteiger partial charge in [-0.25, -0.2) is 4.39 Å². The molecule has 2 saturated carbocycles. The quantitative estimate of drug-likeness (QED) is 0.816. The SMILES string of the molecule is Cc1ccc(F)c(/C=C(/CNC2CC2)C2CCCCC2)c1. The van der Waals surface area contributed by atoms with Crippen molar-refractivity contribution in [2.24, 2.45) is 5.92 Å². The summed E-state index contributed by atoms with van der Waals surface area (Å²) in [6.07, 6.45) is 11.3. The normalized spacial score (nSPS) is 20.8. The van der Waals surface area contributed by atoms with E-state index in [-0.39, 0.29) is 5.82 Å².